The second-order valence-corrected chi connectivity index (χ2v) is 9.60. The van der Waals surface area contributed by atoms with Gasteiger partial charge in [-0.25, -0.2) is 15.0 Å². The standard InChI is InChI=1S/C12H5Cl6N3O2S/c13-11(14,15)9-19-7(20-10(21-9)12(16,17)18)5-1-3-6(4-2-5)8-22-24-23-8/h1-4,8H. The first-order valence-corrected chi connectivity index (χ1v) is 9.07. The fourth-order valence-corrected chi connectivity index (χ4v) is 2.62. The van der Waals surface area contributed by atoms with Gasteiger partial charge in [0.15, 0.2) is 29.8 Å². The van der Waals surface area contributed by atoms with Crippen molar-refractivity contribution in [2.24, 2.45) is 0 Å². The number of hydrogen-bond donors (Lipinski definition) is 0. The minimum Gasteiger partial charge on any atom is -0.254 e. The molecular formula is C12H5Cl6N3O2S. The molecule has 1 aromatic heterocycles. The molecule has 0 radical (unpaired) electrons. The Hall–Kier alpha value is 0.240. The van der Waals surface area contributed by atoms with Gasteiger partial charge in [-0.05, 0) is 0 Å². The molecule has 1 fully saturated rings. The minimum atomic E-state index is -1.90. The molecule has 0 spiro atoms. The Morgan fingerprint density at radius 2 is 1.29 bits per heavy atom. The lowest BCUT2D eigenvalue weighted by Gasteiger charge is -2.23. The van der Waals surface area contributed by atoms with Gasteiger partial charge in [0.2, 0.25) is 13.9 Å². The molecule has 2 aromatic rings. The van der Waals surface area contributed by atoms with Gasteiger partial charge in [0.25, 0.3) is 0 Å². The van der Waals surface area contributed by atoms with E-state index in [9.17, 15) is 0 Å². The van der Waals surface area contributed by atoms with E-state index < -0.39 is 13.9 Å². The molecule has 1 aliphatic rings. The molecule has 5 nitrogen and oxygen atoms in total. The molecule has 0 bridgehead atoms. The summed E-state index contributed by atoms with van der Waals surface area (Å²) in [6, 6.07) is 7.05. The van der Waals surface area contributed by atoms with Crippen LogP contribution in [0, 0.1) is 0 Å². The van der Waals surface area contributed by atoms with Crippen LogP contribution in [0.1, 0.15) is 23.5 Å². The highest BCUT2D eigenvalue weighted by Crippen LogP contribution is 2.41. The maximum absolute atomic E-state index is 5.85. The maximum atomic E-state index is 5.85. The highest BCUT2D eigenvalue weighted by Gasteiger charge is 2.34. The van der Waals surface area contributed by atoms with Crippen molar-refractivity contribution in [1.29, 1.82) is 0 Å². The van der Waals surface area contributed by atoms with Crippen molar-refractivity contribution in [3.63, 3.8) is 0 Å². The van der Waals surface area contributed by atoms with E-state index in [2.05, 4.69) is 15.0 Å². The summed E-state index contributed by atoms with van der Waals surface area (Å²) in [5.41, 5.74) is 1.44. The molecule has 2 heterocycles. The Bertz CT molecular complexity index is 714. The third-order valence-electron chi connectivity index (χ3n) is 2.84. The lowest BCUT2D eigenvalue weighted by molar-refractivity contribution is -0.0429. The Kier molecular flexibility index (Phi) is 5.62. The average Bonchev–Trinajstić information content (AvgIpc) is 2.44. The van der Waals surface area contributed by atoms with Crippen LogP contribution in [-0.2, 0) is 16.0 Å². The summed E-state index contributed by atoms with van der Waals surface area (Å²) in [6.45, 7) is 0. The molecule has 0 aliphatic carbocycles. The summed E-state index contributed by atoms with van der Waals surface area (Å²) in [5, 5.41) is 0. The lowest BCUT2D eigenvalue weighted by Crippen LogP contribution is -2.16. The van der Waals surface area contributed by atoms with E-state index in [1.54, 1.807) is 24.3 Å². The zero-order valence-electron chi connectivity index (χ0n) is 11.2. The Morgan fingerprint density at radius 1 is 0.792 bits per heavy atom. The van der Waals surface area contributed by atoms with Crippen LogP contribution in [0.25, 0.3) is 11.4 Å². The fraction of sp³-hybridized carbons (Fsp3) is 0.250. The van der Waals surface area contributed by atoms with Crippen LogP contribution in [-0.4, -0.2) is 15.0 Å². The summed E-state index contributed by atoms with van der Waals surface area (Å²) in [4.78, 5) is 12.2. The van der Waals surface area contributed by atoms with Crippen molar-refractivity contribution in [3.05, 3.63) is 41.5 Å². The molecule has 0 unspecified atom stereocenters. The summed E-state index contributed by atoms with van der Waals surface area (Å²) in [6.07, 6.45) is -0.407. The van der Waals surface area contributed by atoms with Gasteiger partial charge in [0, 0.05) is 11.1 Å². The van der Waals surface area contributed by atoms with Crippen LogP contribution >= 0.6 is 81.9 Å². The number of benzene rings is 1. The summed E-state index contributed by atoms with van der Waals surface area (Å²) in [7, 11) is 0. The van der Waals surface area contributed by atoms with Gasteiger partial charge >= 0.3 is 0 Å². The monoisotopic (exact) mass is 465 g/mol. The molecule has 3 rings (SSSR count). The lowest BCUT2D eigenvalue weighted by atomic mass is 10.1. The molecule has 0 saturated carbocycles. The van der Waals surface area contributed by atoms with Gasteiger partial charge in [-0.2, -0.15) is 0 Å². The molecular weight excluding hydrogens is 463 g/mol. The van der Waals surface area contributed by atoms with E-state index in [1.165, 1.54) is 0 Å². The summed E-state index contributed by atoms with van der Waals surface area (Å²) < 4.78 is 6.49. The highest BCUT2D eigenvalue weighted by atomic mass is 35.6. The molecule has 1 aliphatic heterocycles. The second-order valence-electron chi connectivity index (χ2n) is 4.52. The van der Waals surface area contributed by atoms with Crippen molar-refractivity contribution >= 4 is 81.9 Å². The first kappa shape index (κ1) is 19.0. The average molecular weight is 468 g/mol. The third-order valence-corrected chi connectivity index (χ3v) is 4.36. The molecule has 128 valence electrons. The predicted molar refractivity (Wildman–Crippen MR) is 96.2 cm³/mol. The van der Waals surface area contributed by atoms with Gasteiger partial charge < -0.3 is 0 Å². The summed E-state index contributed by atoms with van der Waals surface area (Å²) >= 11 is 36.0. The molecule has 0 amide bonds. The molecule has 0 N–H and O–H groups in total. The van der Waals surface area contributed by atoms with Crippen molar-refractivity contribution in [2.75, 3.05) is 0 Å². The topological polar surface area (TPSA) is 57.1 Å². The van der Waals surface area contributed by atoms with Crippen LogP contribution in [0.4, 0.5) is 0 Å². The number of nitrogens with zero attached hydrogens (tertiary/aromatic N) is 3. The Labute approximate surface area is 171 Å². The van der Waals surface area contributed by atoms with Crippen LogP contribution in [0.15, 0.2) is 24.3 Å². The van der Waals surface area contributed by atoms with Crippen molar-refractivity contribution in [3.8, 4) is 11.4 Å². The van der Waals surface area contributed by atoms with Crippen LogP contribution < -0.4 is 0 Å². The van der Waals surface area contributed by atoms with Crippen LogP contribution in [0.3, 0.4) is 0 Å². The SMILES string of the molecule is ClC(Cl)(Cl)c1nc(-c2ccc(C3OSO3)cc2)nc(C(Cl)(Cl)Cl)n1. The number of alkyl halides is 6. The normalized spacial score (nSPS) is 16.1. The number of hydrogen-bond acceptors (Lipinski definition) is 6. The largest absolute Gasteiger partial charge is 0.254 e. The van der Waals surface area contributed by atoms with Crippen LogP contribution in [0.2, 0.25) is 0 Å². The van der Waals surface area contributed by atoms with E-state index in [0.717, 1.165) is 17.9 Å². The minimum absolute atomic E-state index is 0.148. The highest BCUT2D eigenvalue weighted by molar-refractivity contribution is 7.90. The van der Waals surface area contributed by atoms with Gasteiger partial charge in [-0.15, -0.1) is 0 Å². The van der Waals surface area contributed by atoms with E-state index in [4.69, 9.17) is 78.0 Å². The molecule has 12 heteroatoms. The van der Waals surface area contributed by atoms with Gasteiger partial charge in [0.05, 0.1) is 0 Å². The van der Waals surface area contributed by atoms with E-state index in [-0.39, 0.29) is 17.5 Å². The number of aromatic nitrogens is 3. The molecule has 1 saturated heterocycles. The maximum Gasteiger partial charge on any atom is 0.250 e. The van der Waals surface area contributed by atoms with E-state index >= 15 is 0 Å². The van der Waals surface area contributed by atoms with Gasteiger partial charge in [-0.1, -0.05) is 93.9 Å². The van der Waals surface area contributed by atoms with E-state index in [0.29, 0.717) is 5.56 Å². The molecule has 0 atom stereocenters. The van der Waals surface area contributed by atoms with Gasteiger partial charge in [0.1, 0.15) is 0 Å². The van der Waals surface area contributed by atoms with Crippen LogP contribution in [0.5, 0.6) is 0 Å². The quantitative estimate of drug-likeness (QED) is 0.411. The zero-order chi connectivity index (χ0) is 17.5. The fourth-order valence-electron chi connectivity index (χ4n) is 1.74. The zero-order valence-corrected chi connectivity index (χ0v) is 16.6. The Morgan fingerprint density at radius 3 is 1.67 bits per heavy atom. The molecule has 1 aromatic carbocycles. The smallest absolute Gasteiger partial charge is 0.250 e. The number of halogens is 6. The second kappa shape index (κ2) is 7.10. The predicted octanol–water partition coefficient (Wildman–Crippen LogP) is 5.80. The molecule has 24 heavy (non-hydrogen) atoms. The first-order valence-electron chi connectivity index (χ1n) is 6.14. The van der Waals surface area contributed by atoms with Crippen molar-refractivity contribution in [2.45, 2.75) is 13.9 Å². The summed E-state index contributed by atoms with van der Waals surface area (Å²) in [5.74, 6) is -0.0982. The first-order chi connectivity index (χ1) is 11.1. The van der Waals surface area contributed by atoms with Gasteiger partial charge in [-0.3, -0.25) is 8.37 Å². The van der Waals surface area contributed by atoms with E-state index in [1.807, 2.05) is 0 Å². The Balaban J connectivity index is 2.02. The van der Waals surface area contributed by atoms with Crippen molar-refractivity contribution in [1.82, 2.24) is 15.0 Å². The third kappa shape index (κ3) is 4.31. The van der Waals surface area contributed by atoms with Crippen molar-refractivity contribution < 1.29 is 8.37 Å². The number of rotatable bonds is 2.